The van der Waals surface area contributed by atoms with E-state index in [1.54, 1.807) is 36.4 Å². The number of thiazole rings is 1. The summed E-state index contributed by atoms with van der Waals surface area (Å²) in [7, 11) is -3.36. The highest BCUT2D eigenvalue weighted by Crippen LogP contribution is 2.24. The van der Waals surface area contributed by atoms with Crippen molar-refractivity contribution >= 4 is 45.5 Å². The number of alkyl carbamates (subject to hydrolysis) is 1. The second kappa shape index (κ2) is 13.7. The van der Waals surface area contributed by atoms with Gasteiger partial charge in [-0.05, 0) is 36.1 Å². The molecule has 14 heteroatoms. The van der Waals surface area contributed by atoms with Gasteiger partial charge in [0.25, 0.3) is 0 Å². The predicted molar refractivity (Wildman–Crippen MR) is 144 cm³/mol. The summed E-state index contributed by atoms with van der Waals surface area (Å²) >= 11 is 1.37. The summed E-state index contributed by atoms with van der Waals surface area (Å²) in [6, 6.07) is 13.5. The van der Waals surface area contributed by atoms with Crippen LogP contribution in [0.3, 0.4) is 0 Å². The summed E-state index contributed by atoms with van der Waals surface area (Å²) in [4.78, 5) is 41.7. The van der Waals surface area contributed by atoms with Crippen molar-refractivity contribution in [2.75, 3.05) is 11.8 Å². The molecule has 0 aliphatic carbocycles. The molecule has 3 aromatic rings. The molecule has 208 valence electrons. The van der Waals surface area contributed by atoms with Crippen molar-refractivity contribution in [1.82, 2.24) is 15.6 Å². The molecular formula is C25H28N4O8S2. The van der Waals surface area contributed by atoms with Gasteiger partial charge in [0.1, 0.15) is 11.0 Å². The molecule has 0 saturated carbocycles. The molecule has 3 rings (SSSR count). The van der Waals surface area contributed by atoms with Crippen molar-refractivity contribution < 1.29 is 36.8 Å². The maximum atomic E-state index is 13.5. The summed E-state index contributed by atoms with van der Waals surface area (Å²) in [5.74, 6) is -0.538. The monoisotopic (exact) mass is 576 g/mol. The van der Waals surface area contributed by atoms with Gasteiger partial charge in [0.2, 0.25) is 5.91 Å². The smallest absolute Gasteiger partial charge is 0.437 e. The Balaban J connectivity index is 1.83. The fourth-order valence-electron chi connectivity index (χ4n) is 3.56. The van der Waals surface area contributed by atoms with Crippen LogP contribution in [0.25, 0.3) is 0 Å². The van der Waals surface area contributed by atoms with Crippen molar-refractivity contribution in [3.05, 3.63) is 81.8 Å². The maximum Gasteiger partial charge on any atom is 0.517 e. The van der Waals surface area contributed by atoms with E-state index in [1.807, 2.05) is 23.1 Å². The molecule has 1 aromatic heterocycles. The molecule has 12 nitrogen and oxygen atoms in total. The van der Waals surface area contributed by atoms with E-state index < -0.39 is 40.5 Å². The van der Waals surface area contributed by atoms with Crippen molar-refractivity contribution in [3.63, 3.8) is 0 Å². The Morgan fingerprint density at radius 1 is 1.00 bits per heavy atom. The van der Waals surface area contributed by atoms with E-state index in [-0.39, 0.29) is 12.1 Å². The zero-order valence-electron chi connectivity index (χ0n) is 21.1. The summed E-state index contributed by atoms with van der Waals surface area (Å²) in [6.45, 7) is 1.96. The zero-order valence-corrected chi connectivity index (χ0v) is 22.8. The number of ether oxygens (including phenoxy) is 2. The third-order valence-electron chi connectivity index (χ3n) is 5.42. The average molecular weight is 577 g/mol. The number of carbonyl (C=O) groups excluding carboxylic acids is 3. The fourth-order valence-corrected chi connectivity index (χ4v) is 4.95. The molecule has 2 amide bonds. The van der Waals surface area contributed by atoms with Crippen LogP contribution in [-0.4, -0.2) is 49.3 Å². The molecule has 0 fully saturated rings. The number of anilines is 1. The van der Waals surface area contributed by atoms with Crippen LogP contribution in [0.4, 0.5) is 15.3 Å². The van der Waals surface area contributed by atoms with Gasteiger partial charge in [-0.2, -0.15) is 8.42 Å². The molecule has 4 N–H and O–H groups in total. The first-order valence-electron chi connectivity index (χ1n) is 11.7. The number of aromatic nitrogens is 1. The van der Waals surface area contributed by atoms with Crippen LogP contribution in [0.1, 0.15) is 34.8 Å². The van der Waals surface area contributed by atoms with Crippen LogP contribution in [0.15, 0.2) is 60.0 Å². The van der Waals surface area contributed by atoms with Gasteiger partial charge >= 0.3 is 22.6 Å². The Bertz CT molecular complexity index is 1380. The third-order valence-corrected chi connectivity index (χ3v) is 6.92. The first-order chi connectivity index (χ1) is 18.6. The van der Waals surface area contributed by atoms with Gasteiger partial charge in [-0.25, -0.2) is 14.6 Å². The summed E-state index contributed by atoms with van der Waals surface area (Å²) < 4.78 is 41.9. The van der Waals surface area contributed by atoms with E-state index >= 15 is 0 Å². The van der Waals surface area contributed by atoms with Crippen molar-refractivity contribution in [3.8, 4) is 0 Å². The van der Waals surface area contributed by atoms with Crippen LogP contribution < -0.4 is 15.4 Å². The third kappa shape index (κ3) is 9.67. The number of benzene rings is 2. The molecule has 1 heterocycles. The topological polar surface area (TPSA) is 173 Å². The Hall–Kier alpha value is -4.01. The average Bonchev–Trinajstić information content (AvgIpc) is 3.38. The van der Waals surface area contributed by atoms with E-state index in [1.165, 1.54) is 23.5 Å². The van der Waals surface area contributed by atoms with Crippen molar-refractivity contribution in [2.45, 2.75) is 38.3 Å². The Kier molecular flexibility index (Phi) is 10.4. The van der Waals surface area contributed by atoms with E-state index in [0.29, 0.717) is 17.8 Å². The van der Waals surface area contributed by atoms with Crippen LogP contribution in [0.5, 0.6) is 0 Å². The lowest BCUT2D eigenvalue weighted by Gasteiger charge is -2.22. The quantitative estimate of drug-likeness (QED) is 0.151. The minimum absolute atomic E-state index is 0.115. The second-order valence-corrected chi connectivity index (χ2v) is 10.3. The number of hydrogen-bond donors (Lipinski definition) is 4. The van der Waals surface area contributed by atoms with Crippen LogP contribution in [-0.2, 0) is 43.8 Å². The van der Waals surface area contributed by atoms with E-state index in [2.05, 4.69) is 25.1 Å². The van der Waals surface area contributed by atoms with Crippen LogP contribution >= 0.6 is 11.3 Å². The van der Waals surface area contributed by atoms with Gasteiger partial charge in [-0.3, -0.25) is 14.1 Å². The van der Waals surface area contributed by atoms with Crippen molar-refractivity contribution in [1.29, 1.82) is 0 Å². The normalized spacial score (nSPS) is 12.6. The van der Waals surface area contributed by atoms with Gasteiger partial charge in [0, 0.05) is 11.8 Å². The number of nitrogens with zero attached hydrogens (tertiary/aromatic N) is 1. The Morgan fingerprint density at radius 3 is 2.26 bits per heavy atom. The molecule has 0 bridgehead atoms. The summed E-state index contributed by atoms with van der Waals surface area (Å²) in [5, 5.41) is 7.88. The minimum atomic E-state index is -4.42. The Labute approximate surface area is 229 Å². The summed E-state index contributed by atoms with van der Waals surface area (Å²) in [5.41, 5.74) is 2.52. The maximum absolute atomic E-state index is 13.5. The molecule has 0 radical (unpaired) electrons. The Morgan fingerprint density at radius 2 is 1.67 bits per heavy atom. The first kappa shape index (κ1) is 29.5. The molecule has 0 spiro atoms. The van der Waals surface area contributed by atoms with E-state index in [9.17, 15) is 22.8 Å². The molecule has 2 atom stereocenters. The highest BCUT2D eigenvalue weighted by Gasteiger charge is 2.27. The summed E-state index contributed by atoms with van der Waals surface area (Å²) in [6.07, 6.45) is -1.25. The second-order valence-electron chi connectivity index (χ2n) is 8.30. The van der Waals surface area contributed by atoms with Gasteiger partial charge < -0.3 is 20.1 Å². The van der Waals surface area contributed by atoms with Gasteiger partial charge in [0.15, 0.2) is 0 Å². The number of aryl methyl sites for hydroxylation is 1. The number of rotatable bonds is 11. The van der Waals surface area contributed by atoms with Gasteiger partial charge in [-0.1, -0.05) is 49.4 Å². The zero-order chi connectivity index (χ0) is 28.4. The molecule has 2 aromatic carbocycles. The highest BCUT2D eigenvalue weighted by molar-refractivity contribution is 7.87. The number of methoxy groups -OCH3 is 1. The SMILES string of the molecule is CCc1csc([C@H](Cc2ccc(NS(=O)(=O)O)cc2)NC(=O)[C@H](Cc2ccccc2)NC(=O)OC(=O)OC)n1. The van der Waals surface area contributed by atoms with Crippen LogP contribution in [0.2, 0.25) is 0 Å². The standard InChI is InChI=1S/C25H28N4O8S2/c1-3-18-15-38-23(26-18)21(14-17-9-11-19(12-10-17)29-39(33,34)35)27-22(30)20(13-16-7-5-4-6-8-16)28-24(31)37-25(32)36-2/h4-12,15,20-21,29H,3,13-14H2,1-2H3,(H,27,30)(H,28,31)(H,33,34,35)/t20-,21-/m0/s1. The number of hydrogen-bond acceptors (Lipinski definition) is 9. The molecule has 39 heavy (non-hydrogen) atoms. The van der Waals surface area contributed by atoms with Gasteiger partial charge in [0.05, 0.1) is 24.5 Å². The van der Waals surface area contributed by atoms with Gasteiger partial charge in [-0.15, -0.1) is 11.3 Å². The number of nitrogens with one attached hydrogen (secondary N) is 3. The lowest BCUT2D eigenvalue weighted by Crippen LogP contribution is -2.49. The largest absolute Gasteiger partial charge is 0.517 e. The number of amides is 2. The first-order valence-corrected chi connectivity index (χ1v) is 14.1. The molecule has 0 aliphatic rings. The highest BCUT2D eigenvalue weighted by atomic mass is 32.2. The number of carbonyl (C=O) groups is 3. The molecule has 0 aliphatic heterocycles. The molecule has 0 unspecified atom stereocenters. The lowest BCUT2D eigenvalue weighted by atomic mass is 10.0. The molecule has 0 saturated heterocycles. The molecular weight excluding hydrogens is 548 g/mol. The lowest BCUT2D eigenvalue weighted by molar-refractivity contribution is -0.123. The minimum Gasteiger partial charge on any atom is -0.437 e. The van der Waals surface area contributed by atoms with E-state index in [0.717, 1.165) is 23.9 Å². The predicted octanol–water partition coefficient (Wildman–Crippen LogP) is 3.42. The fraction of sp³-hybridized carbons (Fsp3) is 0.280. The van der Waals surface area contributed by atoms with Crippen molar-refractivity contribution in [2.24, 2.45) is 0 Å². The van der Waals surface area contributed by atoms with E-state index in [4.69, 9.17) is 4.55 Å². The van der Waals surface area contributed by atoms with Crippen LogP contribution in [0, 0.1) is 0 Å².